The number of sulfone groups is 1. The highest BCUT2D eigenvalue weighted by Crippen LogP contribution is 2.47. The van der Waals surface area contributed by atoms with Gasteiger partial charge >= 0.3 is 0 Å². The van der Waals surface area contributed by atoms with E-state index in [2.05, 4.69) is 0 Å². The van der Waals surface area contributed by atoms with Gasteiger partial charge < -0.3 is 4.74 Å². The summed E-state index contributed by atoms with van der Waals surface area (Å²) in [4.78, 5) is -0.251. The van der Waals surface area contributed by atoms with Crippen LogP contribution in [0.4, 0.5) is 4.39 Å². The molecule has 0 spiro atoms. The van der Waals surface area contributed by atoms with Crippen molar-refractivity contribution in [1.82, 2.24) is 0 Å². The zero-order valence-corrected chi connectivity index (χ0v) is 9.92. The molecule has 2 rings (SSSR count). The molecule has 1 aliphatic carbocycles. The van der Waals surface area contributed by atoms with Gasteiger partial charge in [0.05, 0.1) is 13.2 Å². The predicted octanol–water partition coefficient (Wildman–Crippen LogP) is 1.66. The van der Waals surface area contributed by atoms with E-state index in [1.165, 1.54) is 13.2 Å². The number of rotatable bonds is 3. The summed E-state index contributed by atoms with van der Waals surface area (Å²) in [7, 11) is -2.57. The van der Waals surface area contributed by atoms with Crippen LogP contribution in [-0.2, 0) is 9.84 Å². The maximum Gasteiger partial charge on any atom is 0.201 e. The molecule has 90 valence electrons. The van der Waals surface area contributed by atoms with Crippen molar-refractivity contribution in [3.05, 3.63) is 24.0 Å². The van der Waals surface area contributed by atoms with E-state index >= 15 is 0 Å². The van der Waals surface area contributed by atoms with Crippen molar-refractivity contribution in [2.75, 3.05) is 7.11 Å². The summed E-state index contributed by atoms with van der Waals surface area (Å²) >= 11 is 0. The van der Waals surface area contributed by atoms with Gasteiger partial charge in [-0.05, 0) is 31.0 Å². The van der Waals surface area contributed by atoms with Crippen LogP contribution >= 0.6 is 0 Å². The molecule has 0 heterocycles. The molecule has 1 saturated carbocycles. The first-order chi connectivity index (χ1) is 7.97. The molecule has 17 heavy (non-hydrogen) atoms. The number of benzene rings is 1. The third kappa shape index (κ3) is 1.67. The molecule has 1 fully saturated rings. The standard InChI is InChI=1S/C11H10FNO3S/c1-16-9-3-2-8(12)6-10(9)17(14,15)11(7-13)4-5-11/h2-3,6H,4-5H2,1H3. The van der Waals surface area contributed by atoms with Gasteiger partial charge in [-0.2, -0.15) is 5.26 Å². The molecule has 0 N–H and O–H groups in total. The minimum atomic E-state index is -3.87. The molecular formula is C11H10FNO3S. The van der Waals surface area contributed by atoms with Crippen LogP contribution in [-0.4, -0.2) is 20.3 Å². The Morgan fingerprint density at radius 2 is 2.12 bits per heavy atom. The van der Waals surface area contributed by atoms with Crippen LogP contribution in [0.2, 0.25) is 0 Å². The predicted molar refractivity (Wildman–Crippen MR) is 57.7 cm³/mol. The van der Waals surface area contributed by atoms with Crippen LogP contribution in [0, 0.1) is 17.1 Å². The summed E-state index contributed by atoms with van der Waals surface area (Å²) in [6, 6.07) is 5.05. The fourth-order valence-electron chi connectivity index (χ4n) is 1.63. The molecule has 0 radical (unpaired) electrons. The zero-order chi connectivity index (χ0) is 12.7. The highest BCUT2D eigenvalue weighted by Gasteiger charge is 2.56. The summed E-state index contributed by atoms with van der Waals surface area (Å²) in [5.74, 6) is -0.606. The van der Waals surface area contributed by atoms with E-state index < -0.39 is 20.4 Å². The Kier molecular flexibility index (Phi) is 2.59. The van der Waals surface area contributed by atoms with Crippen molar-refractivity contribution >= 4 is 9.84 Å². The molecule has 0 amide bonds. The molecular weight excluding hydrogens is 245 g/mol. The number of hydrogen-bond acceptors (Lipinski definition) is 4. The van der Waals surface area contributed by atoms with Gasteiger partial charge in [-0.1, -0.05) is 0 Å². The van der Waals surface area contributed by atoms with E-state index in [1.807, 2.05) is 0 Å². The molecule has 1 aliphatic rings. The number of nitriles is 1. The Labute approximate surface area is 98.5 Å². The second-order valence-corrected chi connectivity index (χ2v) is 6.13. The van der Waals surface area contributed by atoms with Crippen LogP contribution in [0.5, 0.6) is 5.75 Å². The van der Waals surface area contributed by atoms with Gasteiger partial charge in [0.25, 0.3) is 0 Å². The molecule has 0 aliphatic heterocycles. The molecule has 6 heteroatoms. The average molecular weight is 255 g/mol. The molecule has 0 atom stereocenters. The van der Waals surface area contributed by atoms with Gasteiger partial charge in [-0.25, -0.2) is 12.8 Å². The van der Waals surface area contributed by atoms with E-state index in [-0.39, 0.29) is 23.5 Å². The number of hydrogen-bond donors (Lipinski definition) is 0. The van der Waals surface area contributed by atoms with E-state index in [4.69, 9.17) is 10.00 Å². The summed E-state index contributed by atoms with van der Waals surface area (Å²) in [5.41, 5.74) is 0. The normalized spacial score (nSPS) is 17.2. The lowest BCUT2D eigenvalue weighted by molar-refractivity contribution is 0.400. The fourth-order valence-corrected chi connectivity index (χ4v) is 3.49. The lowest BCUT2D eigenvalue weighted by Crippen LogP contribution is -2.22. The van der Waals surface area contributed by atoms with Gasteiger partial charge in [-0.15, -0.1) is 0 Å². The van der Waals surface area contributed by atoms with Crippen LogP contribution < -0.4 is 4.74 Å². The van der Waals surface area contributed by atoms with E-state index in [9.17, 15) is 12.8 Å². The molecule has 1 aromatic carbocycles. The first-order valence-corrected chi connectivity index (χ1v) is 6.44. The van der Waals surface area contributed by atoms with Crippen molar-refractivity contribution in [3.8, 4) is 11.8 Å². The van der Waals surface area contributed by atoms with Crippen LogP contribution in [0.3, 0.4) is 0 Å². The summed E-state index contributed by atoms with van der Waals surface area (Å²) in [5, 5.41) is 8.92. The second kappa shape index (κ2) is 3.70. The number of ether oxygens (including phenoxy) is 1. The number of nitrogens with zero attached hydrogens (tertiary/aromatic N) is 1. The Morgan fingerprint density at radius 1 is 1.47 bits per heavy atom. The van der Waals surface area contributed by atoms with Gasteiger partial charge in [0, 0.05) is 0 Å². The van der Waals surface area contributed by atoms with Crippen LogP contribution in [0.1, 0.15) is 12.8 Å². The topological polar surface area (TPSA) is 67.2 Å². The maximum absolute atomic E-state index is 13.1. The fraction of sp³-hybridized carbons (Fsp3) is 0.364. The van der Waals surface area contributed by atoms with Crippen molar-refractivity contribution in [2.24, 2.45) is 0 Å². The molecule has 0 saturated heterocycles. The molecule has 0 bridgehead atoms. The molecule has 4 nitrogen and oxygen atoms in total. The summed E-state index contributed by atoms with van der Waals surface area (Å²) in [6.45, 7) is 0. The first-order valence-electron chi connectivity index (χ1n) is 4.96. The van der Waals surface area contributed by atoms with Gasteiger partial charge in [0.2, 0.25) is 9.84 Å². The maximum atomic E-state index is 13.1. The van der Waals surface area contributed by atoms with E-state index in [0.29, 0.717) is 0 Å². The highest BCUT2D eigenvalue weighted by atomic mass is 32.2. The number of methoxy groups -OCH3 is 1. The van der Waals surface area contributed by atoms with Gasteiger partial charge in [0.15, 0.2) is 4.75 Å². The molecule has 0 unspecified atom stereocenters. The zero-order valence-electron chi connectivity index (χ0n) is 9.10. The number of halogens is 1. The van der Waals surface area contributed by atoms with E-state index in [0.717, 1.165) is 12.1 Å². The lowest BCUT2D eigenvalue weighted by atomic mass is 10.3. The highest BCUT2D eigenvalue weighted by molar-refractivity contribution is 7.93. The minimum Gasteiger partial charge on any atom is -0.495 e. The minimum absolute atomic E-state index is 0.0629. The van der Waals surface area contributed by atoms with Gasteiger partial charge in [0.1, 0.15) is 16.5 Å². The lowest BCUT2D eigenvalue weighted by Gasteiger charge is -2.12. The third-order valence-electron chi connectivity index (χ3n) is 2.84. The van der Waals surface area contributed by atoms with Gasteiger partial charge in [-0.3, -0.25) is 0 Å². The Bertz CT molecular complexity index is 600. The average Bonchev–Trinajstić information content (AvgIpc) is 3.10. The first kappa shape index (κ1) is 11.9. The van der Waals surface area contributed by atoms with E-state index in [1.54, 1.807) is 6.07 Å². The Morgan fingerprint density at radius 3 is 2.59 bits per heavy atom. The quantitative estimate of drug-likeness (QED) is 0.823. The Hall–Kier alpha value is -1.61. The monoisotopic (exact) mass is 255 g/mol. The molecule has 1 aromatic rings. The smallest absolute Gasteiger partial charge is 0.201 e. The van der Waals surface area contributed by atoms with Crippen LogP contribution in [0.15, 0.2) is 23.1 Å². The van der Waals surface area contributed by atoms with Crippen molar-refractivity contribution in [2.45, 2.75) is 22.5 Å². The van der Waals surface area contributed by atoms with Crippen molar-refractivity contribution < 1.29 is 17.5 Å². The Balaban J connectivity index is 2.62. The second-order valence-electron chi connectivity index (χ2n) is 3.90. The van der Waals surface area contributed by atoms with Crippen molar-refractivity contribution in [3.63, 3.8) is 0 Å². The SMILES string of the molecule is COc1ccc(F)cc1S(=O)(=O)C1(C#N)CC1. The third-order valence-corrected chi connectivity index (χ3v) is 5.26. The summed E-state index contributed by atoms with van der Waals surface area (Å²) in [6.07, 6.45) is 0.566. The van der Waals surface area contributed by atoms with Crippen LogP contribution in [0.25, 0.3) is 0 Å². The largest absolute Gasteiger partial charge is 0.495 e. The van der Waals surface area contributed by atoms with Crippen molar-refractivity contribution in [1.29, 1.82) is 5.26 Å². The molecule has 0 aromatic heterocycles. The summed E-state index contributed by atoms with van der Waals surface area (Å²) < 4.78 is 41.0.